The average molecular weight is 254 g/mol. The van der Waals surface area contributed by atoms with Crippen LogP contribution < -0.4 is 11.1 Å². The van der Waals surface area contributed by atoms with Crippen molar-refractivity contribution in [2.24, 2.45) is 11.1 Å². The monoisotopic (exact) mass is 254 g/mol. The number of imidazole rings is 1. The van der Waals surface area contributed by atoms with Gasteiger partial charge < -0.3 is 16.0 Å². The van der Waals surface area contributed by atoms with E-state index in [-0.39, 0.29) is 10.9 Å². The number of nitrogens with two attached hydrogens (primary N) is 1. The van der Waals surface area contributed by atoms with Crippen LogP contribution in [0.2, 0.25) is 0 Å². The number of thiocarbonyl (C=S) groups is 1. The Morgan fingerprint density at radius 2 is 2.41 bits per heavy atom. The Bertz CT molecular complexity index is 390. The van der Waals surface area contributed by atoms with E-state index >= 15 is 0 Å². The van der Waals surface area contributed by atoms with Gasteiger partial charge >= 0.3 is 0 Å². The molecule has 1 heterocycles. The van der Waals surface area contributed by atoms with E-state index < -0.39 is 5.41 Å². The molecule has 1 rings (SSSR count). The maximum absolute atomic E-state index is 12.0. The Hall–Kier alpha value is -1.43. The summed E-state index contributed by atoms with van der Waals surface area (Å²) < 4.78 is 0. The number of hydrogen-bond donors (Lipinski definition) is 3. The lowest BCUT2D eigenvalue weighted by atomic mass is 9.86. The molecule has 0 aliphatic rings. The third kappa shape index (κ3) is 3.26. The summed E-state index contributed by atoms with van der Waals surface area (Å²) in [4.78, 5) is 19.2. The van der Waals surface area contributed by atoms with Crippen LogP contribution in [-0.4, -0.2) is 27.4 Å². The van der Waals surface area contributed by atoms with Crippen LogP contribution >= 0.6 is 12.2 Å². The van der Waals surface area contributed by atoms with Crippen molar-refractivity contribution in [2.45, 2.75) is 26.7 Å². The zero-order valence-electron chi connectivity index (χ0n) is 10.1. The van der Waals surface area contributed by atoms with Crippen molar-refractivity contribution in [1.82, 2.24) is 15.3 Å². The number of carbonyl (C=O) groups is 1. The Morgan fingerprint density at radius 3 is 2.88 bits per heavy atom. The molecule has 4 N–H and O–H groups in total. The fraction of sp³-hybridized carbons (Fsp3) is 0.545. The van der Waals surface area contributed by atoms with Crippen molar-refractivity contribution in [1.29, 1.82) is 0 Å². The molecule has 1 aromatic heterocycles. The standard InChI is InChI=1S/C11H18N4OS/c1-3-11(2,9(12)17)10(16)15-5-4-8-13-6-7-14-8/h6-7H,3-5H2,1-2H3,(H2,12,17)(H,13,14)(H,15,16). The predicted octanol–water partition coefficient (Wildman–Crippen LogP) is 0.771. The number of amides is 1. The molecule has 0 radical (unpaired) electrons. The highest BCUT2D eigenvalue weighted by Crippen LogP contribution is 2.21. The second-order valence-corrected chi connectivity index (χ2v) is 4.53. The van der Waals surface area contributed by atoms with Crippen LogP contribution in [0.4, 0.5) is 0 Å². The summed E-state index contributed by atoms with van der Waals surface area (Å²) in [5.74, 6) is 0.720. The quantitative estimate of drug-likeness (QED) is 0.655. The van der Waals surface area contributed by atoms with Crippen LogP contribution in [0.25, 0.3) is 0 Å². The first kappa shape index (κ1) is 13.6. The van der Waals surface area contributed by atoms with Gasteiger partial charge in [-0.2, -0.15) is 0 Å². The number of aromatic nitrogens is 2. The van der Waals surface area contributed by atoms with E-state index in [4.69, 9.17) is 18.0 Å². The molecule has 0 fully saturated rings. The molecule has 6 heteroatoms. The second-order valence-electron chi connectivity index (χ2n) is 4.09. The fourth-order valence-corrected chi connectivity index (χ4v) is 1.61. The molecule has 1 aromatic rings. The highest BCUT2D eigenvalue weighted by molar-refractivity contribution is 7.80. The molecule has 1 amide bonds. The van der Waals surface area contributed by atoms with Crippen molar-refractivity contribution in [3.8, 4) is 0 Å². The first-order valence-electron chi connectivity index (χ1n) is 5.57. The molecule has 94 valence electrons. The molecule has 1 atom stereocenters. The molecule has 0 aromatic carbocycles. The van der Waals surface area contributed by atoms with Gasteiger partial charge in [-0.25, -0.2) is 4.98 Å². The number of nitrogens with one attached hydrogen (secondary N) is 2. The smallest absolute Gasteiger partial charge is 0.232 e. The first-order chi connectivity index (χ1) is 8.00. The van der Waals surface area contributed by atoms with Gasteiger partial charge in [0, 0.05) is 25.4 Å². The van der Waals surface area contributed by atoms with Crippen molar-refractivity contribution in [3.63, 3.8) is 0 Å². The number of rotatable bonds is 6. The van der Waals surface area contributed by atoms with Crippen molar-refractivity contribution in [3.05, 3.63) is 18.2 Å². The summed E-state index contributed by atoms with van der Waals surface area (Å²) >= 11 is 4.93. The van der Waals surface area contributed by atoms with Gasteiger partial charge in [0.1, 0.15) is 5.82 Å². The van der Waals surface area contributed by atoms with E-state index in [9.17, 15) is 4.79 Å². The van der Waals surface area contributed by atoms with Gasteiger partial charge in [-0.1, -0.05) is 19.1 Å². The number of hydrogen-bond acceptors (Lipinski definition) is 3. The summed E-state index contributed by atoms with van der Waals surface area (Å²) in [6, 6.07) is 0. The van der Waals surface area contributed by atoms with Crippen molar-refractivity contribution in [2.75, 3.05) is 6.54 Å². The second kappa shape index (κ2) is 5.77. The molecule has 0 bridgehead atoms. The average Bonchev–Trinajstić information content (AvgIpc) is 2.80. The van der Waals surface area contributed by atoms with E-state index in [1.54, 1.807) is 19.3 Å². The molecule has 1 unspecified atom stereocenters. The van der Waals surface area contributed by atoms with E-state index in [1.807, 2.05) is 6.92 Å². The molecule has 0 aliphatic carbocycles. The largest absolute Gasteiger partial charge is 0.392 e. The molecule has 0 spiro atoms. The Labute approximate surface area is 106 Å². The highest BCUT2D eigenvalue weighted by Gasteiger charge is 2.34. The van der Waals surface area contributed by atoms with E-state index in [0.29, 0.717) is 19.4 Å². The van der Waals surface area contributed by atoms with Crippen molar-refractivity contribution >= 4 is 23.1 Å². The van der Waals surface area contributed by atoms with Gasteiger partial charge in [0.05, 0.1) is 10.4 Å². The molecule has 17 heavy (non-hydrogen) atoms. The molecule has 0 saturated carbocycles. The first-order valence-corrected chi connectivity index (χ1v) is 5.98. The summed E-state index contributed by atoms with van der Waals surface area (Å²) in [5.41, 5.74) is 4.84. The maximum atomic E-state index is 12.0. The number of aromatic amines is 1. The minimum atomic E-state index is -0.765. The Balaban J connectivity index is 2.46. The van der Waals surface area contributed by atoms with Crippen LogP contribution in [0.15, 0.2) is 12.4 Å². The van der Waals surface area contributed by atoms with E-state index in [0.717, 1.165) is 5.82 Å². The highest BCUT2D eigenvalue weighted by atomic mass is 32.1. The zero-order chi connectivity index (χ0) is 12.9. The van der Waals surface area contributed by atoms with Gasteiger partial charge in [-0.05, 0) is 13.3 Å². The van der Waals surface area contributed by atoms with Gasteiger partial charge in [-0.15, -0.1) is 0 Å². The van der Waals surface area contributed by atoms with Gasteiger partial charge in [0.25, 0.3) is 0 Å². The summed E-state index contributed by atoms with van der Waals surface area (Å²) in [5, 5.41) is 2.83. The van der Waals surface area contributed by atoms with Crippen LogP contribution in [0.3, 0.4) is 0 Å². The topological polar surface area (TPSA) is 83.8 Å². The van der Waals surface area contributed by atoms with Crippen molar-refractivity contribution < 1.29 is 4.79 Å². The van der Waals surface area contributed by atoms with Gasteiger partial charge in [-0.3, -0.25) is 4.79 Å². The zero-order valence-corrected chi connectivity index (χ0v) is 10.9. The number of H-pyrrole nitrogens is 1. The molecule has 0 saturated heterocycles. The molecule has 5 nitrogen and oxygen atoms in total. The van der Waals surface area contributed by atoms with Crippen LogP contribution in [0.1, 0.15) is 26.1 Å². The van der Waals surface area contributed by atoms with Gasteiger partial charge in [0.15, 0.2) is 0 Å². The van der Waals surface area contributed by atoms with Crippen LogP contribution in [-0.2, 0) is 11.2 Å². The third-order valence-corrected chi connectivity index (χ3v) is 3.40. The summed E-state index contributed by atoms with van der Waals surface area (Å²) in [6.07, 6.45) is 4.69. The fourth-order valence-electron chi connectivity index (χ4n) is 1.37. The molecule has 0 aliphatic heterocycles. The minimum absolute atomic E-state index is 0.126. The normalized spacial score (nSPS) is 14.0. The summed E-state index contributed by atoms with van der Waals surface area (Å²) in [7, 11) is 0. The molecular weight excluding hydrogens is 236 g/mol. The molecular formula is C11H18N4OS. The lowest BCUT2D eigenvalue weighted by molar-refractivity contribution is -0.126. The SMILES string of the molecule is CCC(C)(C(=O)NCCc1ncc[nH]1)C(N)=S. The lowest BCUT2D eigenvalue weighted by Crippen LogP contribution is -2.47. The van der Waals surface area contributed by atoms with E-state index in [2.05, 4.69) is 15.3 Å². The predicted molar refractivity (Wildman–Crippen MR) is 70.5 cm³/mol. The maximum Gasteiger partial charge on any atom is 0.232 e. The minimum Gasteiger partial charge on any atom is -0.392 e. The number of carbonyl (C=O) groups excluding carboxylic acids is 1. The Kier molecular flexibility index (Phi) is 4.62. The number of nitrogens with zero attached hydrogens (tertiary/aromatic N) is 1. The summed E-state index contributed by atoms with van der Waals surface area (Å²) in [6.45, 7) is 4.17. The third-order valence-electron chi connectivity index (χ3n) is 2.95. The van der Waals surface area contributed by atoms with Gasteiger partial charge in [0.2, 0.25) is 5.91 Å². The van der Waals surface area contributed by atoms with Crippen LogP contribution in [0, 0.1) is 5.41 Å². The lowest BCUT2D eigenvalue weighted by Gasteiger charge is -2.25. The van der Waals surface area contributed by atoms with Crippen LogP contribution in [0.5, 0.6) is 0 Å². The van der Waals surface area contributed by atoms with E-state index in [1.165, 1.54) is 0 Å². The Morgan fingerprint density at radius 1 is 1.71 bits per heavy atom.